The molecule has 0 fully saturated rings. The van der Waals surface area contributed by atoms with Crippen LogP contribution in [0.4, 0.5) is 4.79 Å². The summed E-state index contributed by atoms with van der Waals surface area (Å²) >= 11 is 0. The number of ether oxygens (including phenoxy) is 1. The van der Waals surface area contributed by atoms with Gasteiger partial charge in [0.1, 0.15) is 5.75 Å². The highest BCUT2D eigenvalue weighted by Gasteiger charge is 2.10. The van der Waals surface area contributed by atoms with E-state index in [0.29, 0.717) is 0 Å². The molecule has 0 radical (unpaired) electrons. The van der Waals surface area contributed by atoms with Crippen molar-refractivity contribution >= 4 is 12.1 Å². The zero-order valence-electron chi connectivity index (χ0n) is 14.0. The number of hydrogen-bond acceptors (Lipinski definition) is 2. The number of carbonyl (C=O) groups is 1. The third kappa shape index (κ3) is 6.20. The predicted molar refractivity (Wildman–Crippen MR) is 91.9 cm³/mol. The smallest absolute Gasteiger partial charge is 0.321 e. The number of unbranched alkanes of at least 4 members (excludes halogenated alkanes) is 2. The lowest BCUT2D eigenvalue weighted by atomic mass is 10.2. The van der Waals surface area contributed by atoms with Crippen LogP contribution in [0.1, 0.15) is 45.1 Å². The van der Waals surface area contributed by atoms with Crippen molar-refractivity contribution in [2.45, 2.75) is 39.5 Å². The molecule has 1 rings (SSSR count). The molecule has 0 atom stereocenters. The molecule has 0 heterocycles. The van der Waals surface area contributed by atoms with Crippen LogP contribution in [0.25, 0.3) is 6.08 Å². The number of urea groups is 1. The van der Waals surface area contributed by atoms with Crippen LogP contribution in [0.2, 0.25) is 0 Å². The zero-order chi connectivity index (χ0) is 16.2. The van der Waals surface area contributed by atoms with Crippen LogP contribution in [0.3, 0.4) is 0 Å². The number of methoxy groups -OCH3 is 1. The maximum Gasteiger partial charge on any atom is 0.321 e. The minimum atomic E-state index is -0.0342. The highest BCUT2D eigenvalue weighted by molar-refractivity contribution is 5.76. The molecule has 1 aromatic rings. The molecule has 2 amide bonds. The summed E-state index contributed by atoms with van der Waals surface area (Å²) in [6.07, 6.45) is 7.79. The van der Waals surface area contributed by atoms with Crippen LogP contribution >= 0.6 is 0 Å². The molecule has 0 bridgehead atoms. The fraction of sp³-hybridized carbons (Fsp3) is 0.500. The quantitative estimate of drug-likeness (QED) is 0.740. The van der Waals surface area contributed by atoms with Gasteiger partial charge < -0.3 is 15.0 Å². The van der Waals surface area contributed by atoms with E-state index in [0.717, 1.165) is 50.1 Å². The second-order valence-corrected chi connectivity index (χ2v) is 5.22. The van der Waals surface area contributed by atoms with E-state index in [2.05, 4.69) is 19.2 Å². The summed E-state index contributed by atoms with van der Waals surface area (Å²) in [4.78, 5) is 14.1. The molecule has 0 saturated heterocycles. The van der Waals surface area contributed by atoms with Gasteiger partial charge >= 0.3 is 6.03 Å². The molecule has 1 N–H and O–H groups in total. The van der Waals surface area contributed by atoms with Crippen LogP contribution in [0.15, 0.2) is 30.5 Å². The van der Waals surface area contributed by atoms with Gasteiger partial charge in [0.2, 0.25) is 0 Å². The van der Waals surface area contributed by atoms with Gasteiger partial charge in [0.25, 0.3) is 0 Å². The van der Waals surface area contributed by atoms with Crippen molar-refractivity contribution in [3.05, 3.63) is 36.0 Å². The van der Waals surface area contributed by atoms with Gasteiger partial charge in [-0.2, -0.15) is 0 Å². The number of nitrogens with one attached hydrogen (secondary N) is 1. The molecule has 122 valence electrons. The third-order valence-electron chi connectivity index (χ3n) is 3.46. The monoisotopic (exact) mass is 304 g/mol. The largest absolute Gasteiger partial charge is 0.496 e. The van der Waals surface area contributed by atoms with Crippen LogP contribution in [0.5, 0.6) is 5.75 Å². The molecule has 0 unspecified atom stereocenters. The molecule has 0 aliphatic rings. The van der Waals surface area contributed by atoms with Gasteiger partial charge in [-0.25, -0.2) is 4.79 Å². The lowest BCUT2D eigenvalue weighted by molar-refractivity contribution is 0.200. The number of nitrogens with zero attached hydrogens (tertiary/aromatic N) is 1. The first-order valence-electron chi connectivity index (χ1n) is 8.07. The number of amides is 2. The average Bonchev–Trinajstić information content (AvgIpc) is 2.55. The van der Waals surface area contributed by atoms with Crippen molar-refractivity contribution in [1.29, 1.82) is 0 Å². The predicted octanol–water partition coefficient (Wildman–Crippen LogP) is 4.28. The van der Waals surface area contributed by atoms with Gasteiger partial charge in [-0.15, -0.1) is 0 Å². The van der Waals surface area contributed by atoms with E-state index in [1.54, 1.807) is 13.3 Å². The first kappa shape index (κ1) is 18.1. The van der Waals surface area contributed by atoms with E-state index in [9.17, 15) is 4.79 Å². The first-order valence-corrected chi connectivity index (χ1v) is 8.07. The zero-order valence-corrected chi connectivity index (χ0v) is 14.0. The second kappa shape index (κ2) is 10.7. The van der Waals surface area contributed by atoms with Crippen LogP contribution in [-0.2, 0) is 0 Å². The fourth-order valence-corrected chi connectivity index (χ4v) is 2.11. The molecule has 4 heteroatoms. The maximum absolute atomic E-state index is 12.2. The molecular weight excluding hydrogens is 276 g/mol. The summed E-state index contributed by atoms with van der Waals surface area (Å²) in [5.41, 5.74) is 0.943. The molecule has 1 aromatic carbocycles. The summed E-state index contributed by atoms with van der Waals surface area (Å²) in [5.74, 6) is 0.793. The van der Waals surface area contributed by atoms with Crippen LogP contribution in [0, 0.1) is 0 Å². The van der Waals surface area contributed by atoms with Crippen molar-refractivity contribution in [1.82, 2.24) is 10.2 Å². The lowest BCUT2D eigenvalue weighted by Gasteiger charge is -2.21. The molecule has 0 spiro atoms. The molecule has 22 heavy (non-hydrogen) atoms. The van der Waals surface area contributed by atoms with Gasteiger partial charge in [-0.05, 0) is 25.0 Å². The van der Waals surface area contributed by atoms with E-state index in [-0.39, 0.29) is 6.03 Å². The van der Waals surface area contributed by atoms with Crippen molar-refractivity contribution in [3.8, 4) is 5.75 Å². The Morgan fingerprint density at radius 2 is 1.82 bits per heavy atom. The molecule has 0 saturated carbocycles. The normalized spacial score (nSPS) is 10.7. The second-order valence-electron chi connectivity index (χ2n) is 5.22. The molecular formula is C18H28N2O2. The molecule has 0 aliphatic heterocycles. The fourth-order valence-electron chi connectivity index (χ4n) is 2.11. The standard InChI is InChI=1S/C18H28N2O2/c1-4-6-14-20(15-7-5-2)18(21)19-13-12-16-10-8-9-11-17(16)22-3/h8-13H,4-7,14-15H2,1-3H3,(H,19,21)/b13-12+. The minimum absolute atomic E-state index is 0.0342. The highest BCUT2D eigenvalue weighted by atomic mass is 16.5. The Labute approximate surface area is 134 Å². The van der Waals surface area contributed by atoms with E-state index in [4.69, 9.17) is 4.74 Å². The van der Waals surface area contributed by atoms with E-state index in [1.165, 1.54) is 0 Å². The van der Waals surface area contributed by atoms with E-state index in [1.807, 2.05) is 35.2 Å². The summed E-state index contributed by atoms with van der Waals surface area (Å²) < 4.78 is 5.28. The van der Waals surface area contributed by atoms with Gasteiger partial charge in [0, 0.05) is 24.9 Å². The Kier molecular flexibility index (Phi) is 8.80. The van der Waals surface area contributed by atoms with Crippen molar-refractivity contribution < 1.29 is 9.53 Å². The van der Waals surface area contributed by atoms with Gasteiger partial charge in [-0.1, -0.05) is 44.9 Å². The minimum Gasteiger partial charge on any atom is -0.496 e. The SMILES string of the molecule is CCCCN(CCCC)C(=O)N/C=C/c1ccccc1OC. The lowest BCUT2D eigenvalue weighted by Crippen LogP contribution is -2.38. The van der Waals surface area contributed by atoms with Gasteiger partial charge in [0.05, 0.1) is 7.11 Å². The number of hydrogen-bond donors (Lipinski definition) is 1. The number of carbonyl (C=O) groups excluding carboxylic acids is 1. The van der Waals surface area contributed by atoms with Crippen LogP contribution in [-0.4, -0.2) is 31.1 Å². The van der Waals surface area contributed by atoms with Crippen molar-refractivity contribution in [2.75, 3.05) is 20.2 Å². The molecule has 0 aromatic heterocycles. The number of para-hydroxylation sites is 1. The Morgan fingerprint density at radius 1 is 1.18 bits per heavy atom. The van der Waals surface area contributed by atoms with E-state index < -0.39 is 0 Å². The molecule has 0 aliphatic carbocycles. The number of benzene rings is 1. The Hall–Kier alpha value is -1.97. The Morgan fingerprint density at radius 3 is 2.41 bits per heavy atom. The van der Waals surface area contributed by atoms with Crippen molar-refractivity contribution in [3.63, 3.8) is 0 Å². The highest BCUT2D eigenvalue weighted by Crippen LogP contribution is 2.18. The van der Waals surface area contributed by atoms with E-state index >= 15 is 0 Å². The first-order chi connectivity index (χ1) is 10.7. The van der Waals surface area contributed by atoms with Crippen molar-refractivity contribution in [2.24, 2.45) is 0 Å². The maximum atomic E-state index is 12.2. The summed E-state index contributed by atoms with van der Waals surface area (Å²) in [5, 5.41) is 2.85. The Bertz CT molecular complexity index is 464. The summed E-state index contributed by atoms with van der Waals surface area (Å²) in [7, 11) is 1.64. The number of rotatable bonds is 9. The topological polar surface area (TPSA) is 41.6 Å². The molecule has 4 nitrogen and oxygen atoms in total. The van der Waals surface area contributed by atoms with Gasteiger partial charge in [-0.3, -0.25) is 0 Å². The van der Waals surface area contributed by atoms with Crippen LogP contribution < -0.4 is 10.1 Å². The third-order valence-corrected chi connectivity index (χ3v) is 3.46. The average molecular weight is 304 g/mol. The summed E-state index contributed by atoms with van der Waals surface area (Å²) in [6.45, 7) is 5.89. The Balaban J connectivity index is 2.58. The van der Waals surface area contributed by atoms with Gasteiger partial charge in [0.15, 0.2) is 0 Å². The summed E-state index contributed by atoms with van der Waals surface area (Å²) in [6, 6.07) is 7.68.